The highest BCUT2D eigenvalue weighted by molar-refractivity contribution is 9.09. The van der Waals surface area contributed by atoms with Crippen LogP contribution in [-0.4, -0.2) is 4.98 Å². The standard InChI is InChI=1S/C15H16BrNS/c1-10-17-13(9-18-10)8-12-7-6-11-4-2-3-5-14(11)15(12)16/h2-5,9,12,15H,6-8H2,1H3. The normalized spacial score (nSPS) is 22.8. The molecule has 1 aliphatic rings. The van der Waals surface area contributed by atoms with E-state index in [1.54, 1.807) is 11.3 Å². The zero-order chi connectivity index (χ0) is 12.5. The average molecular weight is 322 g/mol. The third-order valence-electron chi connectivity index (χ3n) is 3.69. The number of halogens is 1. The Bertz CT molecular complexity index is 549. The number of rotatable bonds is 2. The summed E-state index contributed by atoms with van der Waals surface area (Å²) in [6, 6.07) is 8.80. The first-order valence-corrected chi connectivity index (χ1v) is 8.16. The van der Waals surface area contributed by atoms with Gasteiger partial charge in [0.05, 0.1) is 10.7 Å². The van der Waals surface area contributed by atoms with Crippen molar-refractivity contribution in [1.29, 1.82) is 0 Å². The van der Waals surface area contributed by atoms with E-state index >= 15 is 0 Å². The Morgan fingerprint density at radius 3 is 3.00 bits per heavy atom. The molecule has 1 nitrogen and oxygen atoms in total. The average Bonchev–Trinajstić information content (AvgIpc) is 2.79. The molecule has 0 N–H and O–H groups in total. The van der Waals surface area contributed by atoms with Crippen LogP contribution in [0.4, 0.5) is 0 Å². The molecule has 3 rings (SSSR count). The molecule has 0 radical (unpaired) electrons. The van der Waals surface area contributed by atoms with Crippen molar-refractivity contribution in [3.05, 3.63) is 51.5 Å². The van der Waals surface area contributed by atoms with Gasteiger partial charge in [0.2, 0.25) is 0 Å². The molecule has 0 bridgehead atoms. The highest BCUT2D eigenvalue weighted by Crippen LogP contribution is 2.41. The van der Waals surface area contributed by atoms with Gasteiger partial charge >= 0.3 is 0 Å². The number of fused-ring (bicyclic) bond motifs is 1. The molecule has 0 fully saturated rings. The van der Waals surface area contributed by atoms with Crippen LogP contribution in [0, 0.1) is 12.8 Å². The molecule has 1 aromatic heterocycles. The predicted octanol–water partition coefficient (Wildman–Crippen LogP) is 4.69. The summed E-state index contributed by atoms with van der Waals surface area (Å²) in [5.74, 6) is 0.668. The lowest BCUT2D eigenvalue weighted by Crippen LogP contribution is -2.19. The molecule has 94 valence electrons. The maximum atomic E-state index is 4.59. The zero-order valence-corrected chi connectivity index (χ0v) is 12.8. The van der Waals surface area contributed by atoms with Gasteiger partial charge < -0.3 is 0 Å². The molecular weight excluding hydrogens is 306 g/mol. The number of benzene rings is 1. The molecule has 2 atom stereocenters. The van der Waals surface area contributed by atoms with Crippen molar-refractivity contribution >= 4 is 27.3 Å². The van der Waals surface area contributed by atoms with Gasteiger partial charge in [0.25, 0.3) is 0 Å². The Labute approximate surface area is 120 Å². The van der Waals surface area contributed by atoms with E-state index in [1.807, 2.05) is 0 Å². The Morgan fingerprint density at radius 2 is 2.22 bits per heavy atom. The second-order valence-corrected chi connectivity index (χ2v) is 7.01. The van der Waals surface area contributed by atoms with Gasteiger partial charge in [-0.25, -0.2) is 4.98 Å². The van der Waals surface area contributed by atoms with Crippen molar-refractivity contribution in [2.24, 2.45) is 5.92 Å². The van der Waals surface area contributed by atoms with Crippen molar-refractivity contribution in [2.75, 3.05) is 0 Å². The third kappa shape index (κ3) is 2.39. The van der Waals surface area contributed by atoms with Crippen LogP contribution in [0.1, 0.15) is 33.1 Å². The molecule has 0 spiro atoms. The van der Waals surface area contributed by atoms with E-state index in [-0.39, 0.29) is 0 Å². The fraction of sp³-hybridized carbons (Fsp3) is 0.400. The molecule has 3 heteroatoms. The second-order valence-electron chi connectivity index (χ2n) is 4.96. The molecule has 1 heterocycles. The van der Waals surface area contributed by atoms with Gasteiger partial charge in [-0.2, -0.15) is 0 Å². The molecule has 1 aliphatic carbocycles. The first-order valence-electron chi connectivity index (χ1n) is 6.37. The Kier molecular flexibility index (Phi) is 3.53. The van der Waals surface area contributed by atoms with Crippen LogP contribution < -0.4 is 0 Å². The van der Waals surface area contributed by atoms with Gasteiger partial charge in [0.15, 0.2) is 0 Å². The van der Waals surface area contributed by atoms with E-state index in [0.717, 1.165) is 6.42 Å². The maximum absolute atomic E-state index is 4.59. The summed E-state index contributed by atoms with van der Waals surface area (Å²) in [5, 5.41) is 3.38. The Hall–Kier alpha value is -0.670. The van der Waals surface area contributed by atoms with E-state index in [1.165, 1.54) is 34.7 Å². The number of thiazole rings is 1. The summed E-state index contributed by atoms with van der Waals surface area (Å²) in [6.45, 7) is 2.08. The lowest BCUT2D eigenvalue weighted by Gasteiger charge is -2.29. The minimum absolute atomic E-state index is 0.476. The molecular formula is C15H16BrNS. The lowest BCUT2D eigenvalue weighted by atomic mass is 9.81. The van der Waals surface area contributed by atoms with Gasteiger partial charge in [-0.3, -0.25) is 0 Å². The monoisotopic (exact) mass is 321 g/mol. The first-order chi connectivity index (χ1) is 8.74. The first kappa shape index (κ1) is 12.4. The molecule has 2 aromatic rings. The maximum Gasteiger partial charge on any atom is 0.0897 e. The molecule has 1 aromatic carbocycles. The topological polar surface area (TPSA) is 12.9 Å². The fourth-order valence-corrected chi connectivity index (χ4v) is 4.27. The number of aryl methyl sites for hydroxylation is 2. The SMILES string of the molecule is Cc1nc(CC2CCc3ccccc3C2Br)cs1. The van der Waals surface area contributed by atoms with Crippen LogP contribution in [0.2, 0.25) is 0 Å². The number of aromatic nitrogens is 1. The van der Waals surface area contributed by atoms with Crippen LogP contribution in [0.15, 0.2) is 29.6 Å². The van der Waals surface area contributed by atoms with Crippen LogP contribution in [0.5, 0.6) is 0 Å². The zero-order valence-electron chi connectivity index (χ0n) is 10.4. The number of hydrogen-bond acceptors (Lipinski definition) is 2. The van der Waals surface area contributed by atoms with E-state index in [0.29, 0.717) is 10.7 Å². The number of alkyl halides is 1. The summed E-state index contributed by atoms with van der Waals surface area (Å²) in [6.07, 6.45) is 3.55. The van der Waals surface area contributed by atoms with E-state index in [9.17, 15) is 0 Å². The van der Waals surface area contributed by atoms with Crippen LogP contribution in [0.3, 0.4) is 0 Å². The molecule has 0 saturated carbocycles. The van der Waals surface area contributed by atoms with Gasteiger partial charge in [-0.1, -0.05) is 40.2 Å². The molecule has 0 saturated heterocycles. The van der Waals surface area contributed by atoms with Crippen molar-refractivity contribution in [1.82, 2.24) is 4.98 Å². The minimum atomic E-state index is 0.476. The second kappa shape index (κ2) is 5.14. The summed E-state index contributed by atoms with van der Waals surface area (Å²) in [4.78, 5) is 5.07. The van der Waals surface area contributed by atoms with Gasteiger partial charge in [-0.15, -0.1) is 11.3 Å². The number of nitrogens with zero attached hydrogens (tertiary/aromatic N) is 1. The fourth-order valence-electron chi connectivity index (χ4n) is 2.75. The third-order valence-corrected chi connectivity index (χ3v) is 5.75. The summed E-state index contributed by atoms with van der Waals surface area (Å²) >= 11 is 5.65. The lowest BCUT2D eigenvalue weighted by molar-refractivity contribution is 0.449. The van der Waals surface area contributed by atoms with E-state index in [4.69, 9.17) is 0 Å². The Morgan fingerprint density at radius 1 is 1.39 bits per heavy atom. The van der Waals surface area contributed by atoms with Crippen molar-refractivity contribution in [2.45, 2.75) is 31.0 Å². The highest BCUT2D eigenvalue weighted by atomic mass is 79.9. The van der Waals surface area contributed by atoms with Gasteiger partial charge in [0, 0.05) is 10.2 Å². The van der Waals surface area contributed by atoms with E-state index in [2.05, 4.69) is 57.5 Å². The molecule has 0 aliphatic heterocycles. The Balaban J connectivity index is 1.80. The quantitative estimate of drug-likeness (QED) is 0.731. The van der Waals surface area contributed by atoms with Crippen molar-refractivity contribution < 1.29 is 0 Å². The van der Waals surface area contributed by atoms with Crippen LogP contribution in [-0.2, 0) is 12.8 Å². The molecule has 0 amide bonds. The van der Waals surface area contributed by atoms with Crippen LogP contribution in [0.25, 0.3) is 0 Å². The van der Waals surface area contributed by atoms with Crippen molar-refractivity contribution in [3.63, 3.8) is 0 Å². The summed E-state index contributed by atoms with van der Waals surface area (Å²) < 4.78 is 0. The van der Waals surface area contributed by atoms with Gasteiger partial charge in [0.1, 0.15) is 0 Å². The van der Waals surface area contributed by atoms with Gasteiger partial charge in [-0.05, 0) is 43.2 Å². The number of hydrogen-bond donors (Lipinski definition) is 0. The smallest absolute Gasteiger partial charge is 0.0897 e. The van der Waals surface area contributed by atoms with Crippen molar-refractivity contribution in [3.8, 4) is 0 Å². The van der Waals surface area contributed by atoms with Crippen LogP contribution >= 0.6 is 27.3 Å². The summed E-state index contributed by atoms with van der Waals surface area (Å²) in [7, 11) is 0. The largest absolute Gasteiger partial charge is 0.247 e. The highest BCUT2D eigenvalue weighted by Gasteiger charge is 2.27. The van der Waals surface area contributed by atoms with E-state index < -0.39 is 0 Å². The minimum Gasteiger partial charge on any atom is -0.247 e. The summed E-state index contributed by atoms with van der Waals surface area (Å²) in [5.41, 5.74) is 4.23. The molecule has 2 unspecified atom stereocenters. The molecule has 18 heavy (non-hydrogen) atoms. The predicted molar refractivity (Wildman–Crippen MR) is 80.5 cm³/mol.